The highest BCUT2D eigenvalue weighted by atomic mass is 16.4. The summed E-state index contributed by atoms with van der Waals surface area (Å²) in [6, 6.07) is 1.99. The molecule has 7 nitrogen and oxygen atoms in total. The topological polar surface area (TPSA) is 114 Å². The zero-order valence-corrected chi connectivity index (χ0v) is 25.3. The molecule has 5 fully saturated rings. The number of rotatable bonds is 17. The summed E-state index contributed by atoms with van der Waals surface area (Å²) in [6.45, 7) is 3.28. The Labute approximate surface area is 243 Å². The van der Waals surface area contributed by atoms with Gasteiger partial charge in [0.05, 0.1) is 18.2 Å². The van der Waals surface area contributed by atoms with Gasteiger partial charge in [-0.25, -0.2) is 0 Å². The number of nitrogens with zero attached hydrogens (tertiary/aromatic N) is 2. The number of carboxylic acid groups (broad SMARTS) is 1. The first-order valence-corrected chi connectivity index (χ1v) is 16.7. The molecule has 1 saturated heterocycles. The van der Waals surface area contributed by atoms with Gasteiger partial charge in [-0.15, -0.1) is 0 Å². The smallest absolute Gasteiger partial charge is 0.303 e. The fourth-order valence-corrected chi connectivity index (χ4v) is 8.28. The van der Waals surface area contributed by atoms with Crippen molar-refractivity contribution in [1.29, 1.82) is 5.26 Å². The minimum Gasteiger partial charge on any atom is -0.481 e. The summed E-state index contributed by atoms with van der Waals surface area (Å²) < 4.78 is 0. The van der Waals surface area contributed by atoms with E-state index in [0.29, 0.717) is 31.3 Å². The third-order valence-electron chi connectivity index (χ3n) is 9.86. The number of hydrogen-bond donors (Lipinski definition) is 3. The lowest BCUT2D eigenvalue weighted by molar-refractivity contribution is -0.147. The van der Waals surface area contributed by atoms with E-state index in [1.807, 2.05) is 0 Å². The normalized spacial score (nSPS) is 30.1. The second kappa shape index (κ2) is 16.7. The highest BCUT2D eigenvalue weighted by molar-refractivity contribution is 5.79. The van der Waals surface area contributed by atoms with Crippen LogP contribution in [0.15, 0.2) is 0 Å². The van der Waals surface area contributed by atoms with Crippen LogP contribution in [0.5, 0.6) is 0 Å². The van der Waals surface area contributed by atoms with E-state index in [1.165, 1.54) is 77.0 Å². The monoisotopic (exact) mass is 559 g/mol. The van der Waals surface area contributed by atoms with Crippen LogP contribution in [-0.2, 0) is 9.59 Å². The first-order chi connectivity index (χ1) is 19.3. The number of carbonyl (C=O) groups is 2. The molecule has 1 aliphatic heterocycles. The molecule has 5 aliphatic rings. The number of likely N-dealkylation sites (tertiary alicyclic amines) is 1. The van der Waals surface area contributed by atoms with Gasteiger partial charge in [-0.1, -0.05) is 84.0 Å². The summed E-state index contributed by atoms with van der Waals surface area (Å²) in [4.78, 5) is 24.5. The van der Waals surface area contributed by atoms with E-state index < -0.39 is 11.6 Å². The molecule has 1 heterocycles. The van der Waals surface area contributed by atoms with E-state index in [2.05, 4.69) is 18.3 Å². The van der Waals surface area contributed by atoms with Gasteiger partial charge >= 0.3 is 5.97 Å². The second-order valence-corrected chi connectivity index (χ2v) is 13.6. The van der Waals surface area contributed by atoms with Crippen LogP contribution in [0.25, 0.3) is 0 Å². The van der Waals surface area contributed by atoms with Crippen LogP contribution in [0.3, 0.4) is 0 Å². The number of unbranched alkanes of at least 4 members (excludes halogenated alkanes) is 12. The third-order valence-corrected chi connectivity index (χ3v) is 9.86. The van der Waals surface area contributed by atoms with E-state index in [4.69, 9.17) is 10.4 Å². The summed E-state index contributed by atoms with van der Waals surface area (Å²) in [5.74, 6) is 0.629. The Kier molecular flexibility index (Phi) is 13.7. The molecule has 40 heavy (non-hydrogen) atoms. The van der Waals surface area contributed by atoms with Crippen molar-refractivity contribution in [2.45, 2.75) is 165 Å². The van der Waals surface area contributed by atoms with E-state index in [-0.39, 0.29) is 17.5 Å². The lowest BCUT2D eigenvalue weighted by Gasteiger charge is -2.60. The molecule has 2 unspecified atom stereocenters. The maximum atomic E-state index is 12.4. The van der Waals surface area contributed by atoms with Gasteiger partial charge in [-0.3, -0.25) is 9.59 Å². The quantitative estimate of drug-likeness (QED) is 0.170. The number of aliphatic hydroxyl groups is 1. The van der Waals surface area contributed by atoms with Gasteiger partial charge in [0.15, 0.2) is 0 Å². The Bertz CT molecular complexity index is 811. The average Bonchev–Trinajstić information content (AvgIpc) is 3.38. The molecule has 0 spiro atoms. The van der Waals surface area contributed by atoms with Crippen LogP contribution in [0.2, 0.25) is 0 Å². The van der Waals surface area contributed by atoms with E-state index in [1.54, 1.807) is 4.90 Å². The zero-order chi connectivity index (χ0) is 28.8. The highest BCUT2D eigenvalue weighted by Crippen LogP contribution is 2.57. The van der Waals surface area contributed by atoms with Crippen LogP contribution in [0, 0.1) is 23.2 Å². The van der Waals surface area contributed by atoms with Crippen molar-refractivity contribution in [3.63, 3.8) is 0 Å². The van der Waals surface area contributed by atoms with Gasteiger partial charge in [0.25, 0.3) is 0 Å². The fourth-order valence-electron chi connectivity index (χ4n) is 8.28. The van der Waals surface area contributed by atoms with E-state index in [9.17, 15) is 14.7 Å². The number of nitrogens with one attached hydrogen (secondary N) is 1. The Hall–Kier alpha value is -1.65. The average molecular weight is 560 g/mol. The molecule has 4 aliphatic carbocycles. The van der Waals surface area contributed by atoms with Crippen molar-refractivity contribution in [3.8, 4) is 6.07 Å². The first kappa shape index (κ1) is 32.9. The molecule has 3 atom stereocenters. The van der Waals surface area contributed by atoms with Crippen LogP contribution in [0.1, 0.15) is 148 Å². The number of amides is 1. The molecule has 0 aromatic heterocycles. The number of aliphatic carboxylic acids is 1. The van der Waals surface area contributed by atoms with Gasteiger partial charge in [0, 0.05) is 18.5 Å². The molecule has 4 saturated carbocycles. The molecule has 0 radical (unpaired) electrons. The van der Waals surface area contributed by atoms with Gasteiger partial charge in [-0.2, -0.15) is 5.26 Å². The molecule has 7 heteroatoms. The summed E-state index contributed by atoms with van der Waals surface area (Å²) in [5.41, 5.74) is -0.542. The Morgan fingerprint density at radius 1 is 0.900 bits per heavy atom. The second-order valence-electron chi connectivity index (χ2n) is 13.6. The number of hydrogen-bond acceptors (Lipinski definition) is 5. The van der Waals surface area contributed by atoms with E-state index >= 15 is 0 Å². The molecular weight excluding hydrogens is 502 g/mol. The molecule has 3 N–H and O–H groups in total. The molecular formula is C33H57N3O4. The standard InChI is InChI=1S/C17H25N3O2.C16H32O2/c18-9-14-2-1-3-20(14)15(21)10-19-16-5-12-4-13(6-16)8-17(22,7-12)11-16;1-2-3-4-5-6-7-8-9-10-11-12-13-14-15-16(17)18/h12-14,19,22H,1-8,10-11H2;2-15H2,1H3,(H,17,18)/t12?,13?,14-,16?,17?;/m0./s1. The SMILES string of the molecule is CCCCCCCCCCCCCCCC(=O)O.N#C[C@@H]1CCCN1C(=O)CNC12CC3CC(CC(O)(C3)C1)C2. The molecule has 0 aromatic rings. The van der Waals surface area contributed by atoms with Gasteiger partial charge in [-0.05, 0) is 69.6 Å². The summed E-state index contributed by atoms with van der Waals surface area (Å²) in [7, 11) is 0. The maximum absolute atomic E-state index is 12.4. The minimum atomic E-state index is -0.655. The van der Waals surface area contributed by atoms with Crippen molar-refractivity contribution < 1.29 is 19.8 Å². The zero-order valence-electron chi connectivity index (χ0n) is 25.3. The predicted octanol–water partition coefficient (Wildman–Crippen LogP) is 6.73. The van der Waals surface area contributed by atoms with Crippen LogP contribution in [-0.4, -0.2) is 57.3 Å². The number of nitriles is 1. The Balaban J connectivity index is 0.000000227. The van der Waals surface area contributed by atoms with Crippen molar-refractivity contribution >= 4 is 11.9 Å². The van der Waals surface area contributed by atoms with E-state index in [0.717, 1.165) is 57.8 Å². The maximum Gasteiger partial charge on any atom is 0.303 e. The minimum absolute atomic E-state index is 0.0453. The third kappa shape index (κ3) is 10.6. The lowest BCUT2D eigenvalue weighted by Crippen LogP contribution is -2.65. The van der Waals surface area contributed by atoms with Crippen molar-refractivity contribution in [2.75, 3.05) is 13.1 Å². The van der Waals surface area contributed by atoms with Crippen molar-refractivity contribution in [2.24, 2.45) is 11.8 Å². The van der Waals surface area contributed by atoms with Gasteiger partial charge in [0.1, 0.15) is 6.04 Å². The van der Waals surface area contributed by atoms with Crippen LogP contribution in [0.4, 0.5) is 0 Å². The van der Waals surface area contributed by atoms with Crippen molar-refractivity contribution in [3.05, 3.63) is 0 Å². The molecule has 0 aromatic carbocycles. The van der Waals surface area contributed by atoms with Gasteiger partial charge < -0.3 is 20.4 Å². The highest BCUT2D eigenvalue weighted by Gasteiger charge is 2.57. The van der Waals surface area contributed by atoms with Gasteiger partial charge in [0.2, 0.25) is 5.91 Å². The molecule has 5 rings (SSSR count). The summed E-state index contributed by atoms with van der Waals surface area (Å²) in [5, 5.41) is 31.9. The lowest BCUT2D eigenvalue weighted by atomic mass is 9.51. The summed E-state index contributed by atoms with van der Waals surface area (Å²) in [6.07, 6.45) is 25.1. The fraction of sp³-hybridized carbons (Fsp3) is 0.909. The molecule has 4 bridgehead atoms. The summed E-state index contributed by atoms with van der Waals surface area (Å²) >= 11 is 0. The first-order valence-electron chi connectivity index (χ1n) is 16.7. The van der Waals surface area contributed by atoms with Crippen LogP contribution >= 0.6 is 0 Å². The Morgan fingerprint density at radius 3 is 1.95 bits per heavy atom. The number of carbonyl (C=O) groups excluding carboxylic acids is 1. The van der Waals surface area contributed by atoms with Crippen LogP contribution < -0.4 is 5.32 Å². The number of carboxylic acids is 1. The molecule has 1 amide bonds. The molecule has 228 valence electrons. The predicted molar refractivity (Wildman–Crippen MR) is 159 cm³/mol. The van der Waals surface area contributed by atoms with Crippen molar-refractivity contribution in [1.82, 2.24) is 10.2 Å². The largest absolute Gasteiger partial charge is 0.481 e. The Morgan fingerprint density at radius 2 is 1.45 bits per heavy atom.